The van der Waals surface area contributed by atoms with Gasteiger partial charge in [0.1, 0.15) is 0 Å². The van der Waals surface area contributed by atoms with Crippen molar-refractivity contribution in [1.29, 1.82) is 0 Å². The molecule has 2 atom stereocenters. The van der Waals surface area contributed by atoms with Crippen LogP contribution in [0.25, 0.3) is 0 Å². The van der Waals surface area contributed by atoms with Gasteiger partial charge in [0, 0.05) is 25.9 Å². The van der Waals surface area contributed by atoms with Crippen LogP contribution in [0.5, 0.6) is 0 Å². The second kappa shape index (κ2) is 7.07. The SMILES string of the molecule is CC(CC(=O)N(C)C(C)CC(N)=S)CC(C)(C)C. The molecular formula is C14H28N2OS. The van der Waals surface area contributed by atoms with Crippen LogP contribution in [0, 0.1) is 11.3 Å². The molecule has 106 valence electrons. The summed E-state index contributed by atoms with van der Waals surface area (Å²) in [6.07, 6.45) is 2.23. The molecule has 2 unspecified atom stereocenters. The van der Waals surface area contributed by atoms with Crippen LogP contribution in [0.4, 0.5) is 0 Å². The van der Waals surface area contributed by atoms with Crippen LogP contribution in [0.15, 0.2) is 0 Å². The van der Waals surface area contributed by atoms with E-state index in [1.165, 1.54) is 0 Å². The number of nitrogens with two attached hydrogens (primary N) is 1. The molecule has 0 aliphatic rings. The molecule has 0 radical (unpaired) electrons. The van der Waals surface area contributed by atoms with Gasteiger partial charge in [-0.1, -0.05) is 39.9 Å². The molecule has 0 fully saturated rings. The highest BCUT2D eigenvalue weighted by Crippen LogP contribution is 2.26. The van der Waals surface area contributed by atoms with Gasteiger partial charge in [0.15, 0.2) is 0 Å². The van der Waals surface area contributed by atoms with Crippen molar-refractivity contribution >= 4 is 23.1 Å². The number of hydrogen-bond donors (Lipinski definition) is 1. The molecule has 2 N–H and O–H groups in total. The minimum Gasteiger partial charge on any atom is -0.393 e. The molecule has 1 amide bonds. The van der Waals surface area contributed by atoms with E-state index in [2.05, 4.69) is 27.7 Å². The Bertz CT molecular complexity index is 297. The molecule has 18 heavy (non-hydrogen) atoms. The van der Waals surface area contributed by atoms with Gasteiger partial charge in [0.25, 0.3) is 0 Å². The van der Waals surface area contributed by atoms with Gasteiger partial charge in [0.2, 0.25) is 5.91 Å². The summed E-state index contributed by atoms with van der Waals surface area (Å²) >= 11 is 4.88. The highest BCUT2D eigenvalue weighted by Gasteiger charge is 2.21. The summed E-state index contributed by atoms with van der Waals surface area (Å²) in [5, 5.41) is 0. The fourth-order valence-electron chi connectivity index (χ4n) is 2.23. The first-order valence-electron chi connectivity index (χ1n) is 6.57. The Morgan fingerprint density at radius 3 is 2.17 bits per heavy atom. The summed E-state index contributed by atoms with van der Waals surface area (Å²) in [7, 11) is 1.83. The third kappa shape index (κ3) is 7.64. The number of rotatable bonds is 6. The molecule has 0 saturated carbocycles. The van der Waals surface area contributed by atoms with Crippen molar-refractivity contribution in [3.05, 3.63) is 0 Å². The lowest BCUT2D eigenvalue weighted by molar-refractivity contribution is -0.132. The zero-order valence-corrected chi connectivity index (χ0v) is 13.4. The minimum absolute atomic E-state index is 0.0804. The maximum atomic E-state index is 12.1. The van der Waals surface area contributed by atoms with Gasteiger partial charge >= 0.3 is 0 Å². The first-order valence-corrected chi connectivity index (χ1v) is 6.97. The number of amides is 1. The number of nitrogens with zero attached hydrogens (tertiary/aromatic N) is 1. The summed E-state index contributed by atoms with van der Waals surface area (Å²) < 4.78 is 0. The van der Waals surface area contributed by atoms with E-state index in [0.29, 0.717) is 23.7 Å². The molecule has 0 aliphatic heterocycles. The van der Waals surface area contributed by atoms with Crippen molar-refractivity contribution in [1.82, 2.24) is 4.90 Å². The predicted molar refractivity (Wildman–Crippen MR) is 81.5 cm³/mol. The molecule has 0 aromatic rings. The summed E-state index contributed by atoms with van der Waals surface area (Å²) in [6.45, 7) is 10.7. The second-order valence-electron chi connectivity index (χ2n) is 6.60. The lowest BCUT2D eigenvalue weighted by Crippen LogP contribution is -2.38. The molecule has 0 heterocycles. The molecule has 0 spiro atoms. The zero-order valence-electron chi connectivity index (χ0n) is 12.6. The molecule has 0 aliphatic carbocycles. The molecule has 4 heteroatoms. The normalized spacial score (nSPS) is 15.0. The van der Waals surface area contributed by atoms with Crippen LogP contribution in [0.3, 0.4) is 0 Å². The van der Waals surface area contributed by atoms with E-state index in [9.17, 15) is 4.79 Å². The van der Waals surface area contributed by atoms with Crippen molar-refractivity contribution < 1.29 is 4.79 Å². The quantitative estimate of drug-likeness (QED) is 0.756. The number of carbonyl (C=O) groups is 1. The number of thiocarbonyl (C=S) groups is 1. The molecule has 0 aromatic heterocycles. The predicted octanol–water partition coefficient (Wildman–Crippen LogP) is 2.97. The van der Waals surface area contributed by atoms with Crippen molar-refractivity contribution in [3.63, 3.8) is 0 Å². The van der Waals surface area contributed by atoms with Crippen molar-refractivity contribution in [3.8, 4) is 0 Å². The standard InChI is InChI=1S/C14H28N2OS/c1-10(9-14(3,4)5)7-13(17)16(6)11(2)8-12(15)18/h10-11H,7-9H2,1-6H3,(H2,15,18). The number of hydrogen-bond acceptors (Lipinski definition) is 2. The van der Waals surface area contributed by atoms with E-state index in [1.807, 2.05) is 14.0 Å². The van der Waals surface area contributed by atoms with Gasteiger partial charge in [0.05, 0.1) is 4.99 Å². The van der Waals surface area contributed by atoms with Crippen LogP contribution in [0.1, 0.15) is 53.9 Å². The van der Waals surface area contributed by atoms with E-state index in [-0.39, 0.29) is 17.4 Å². The van der Waals surface area contributed by atoms with Crippen molar-refractivity contribution in [2.24, 2.45) is 17.1 Å². The van der Waals surface area contributed by atoms with E-state index in [4.69, 9.17) is 18.0 Å². The van der Waals surface area contributed by atoms with Gasteiger partial charge in [-0.2, -0.15) is 0 Å². The summed E-state index contributed by atoms with van der Waals surface area (Å²) in [4.78, 5) is 14.3. The van der Waals surface area contributed by atoms with Crippen LogP contribution >= 0.6 is 12.2 Å². The van der Waals surface area contributed by atoms with Gasteiger partial charge in [-0.15, -0.1) is 0 Å². The smallest absolute Gasteiger partial charge is 0.222 e. The Morgan fingerprint density at radius 1 is 1.28 bits per heavy atom. The lowest BCUT2D eigenvalue weighted by Gasteiger charge is -2.28. The summed E-state index contributed by atoms with van der Waals surface area (Å²) in [5.74, 6) is 0.576. The van der Waals surface area contributed by atoms with E-state index in [0.717, 1.165) is 6.42 Å². The second-order valence-corrected chi connectivity index (χ2v) is 7.12. The fraction of sp³-hybridized carbons (Fsp3) is 0.857. The van der Waals surface area contributed by atoms with Gasteiger partial charge in [-0.3, -0.25) is 4.79 Å². The largest absolute Gasteiger partial charge is 0.393 e. The van der Waals surface area contributed by atoms with Gasteiger partial charge in [-0.05, 0) is 24.7 Å². The Balaban J connectivity index is 4.27. The average Bonchev–Trinajstić information content (AvgIpc) is 2.11. The van der Waals surface area contributed by atoms with Crippen LogP contribution in [0.2, 0.25) is 0 Å². The Labute approximate surface area is 117 Å². The zero-order chi connectivity index (χ0) is 14.5. The highest BCUT2D eigenvalue weighted by atomic mass is 32.1. The van der Waals surface area contributed by atoms with Gasteiger partial charge < -0.3 is 10.6 Å². The minimum atomic E-state index is 0.0804. The monoisotopic (exact) mass is 272 g/mol. The molecular weight excluding hydrogens is 244 g/mol. The molecule has 0 bridgehead atoms. The molecule has 0 rings (SSSR count). The topological polar surface area (TPSA) is 46.3 Å². The lowest BCUT2D eigenvalue weighted by atomic mass is 9.84. The first-order chi connectivity index (χ1) is 8.03. The summed E-state index contributed by atoms with van der Waals surface area (Å²) in [5.41, 5.74) is 5.78. The maximum absolute atomic E-state index is 12.1. The van der Waals surface area contributed by atoms with E-state index >= 15 is 0 Å². The maximum Gasteiger partial charge on any atom is 0.222 e. The Hall–Kier alpha value is -0.640. The van der Waals surface area contributed by atoms with Crippen LogP contribution < -0.4 is 5.73 Å². The fourth-order valence-corrected chi connectivity index (χ4v) is 2.47. The van der Waals surface area contributed by atoms with Crippen LogP contribution in [-0.4, -0.2) is 28.9 Å². The average molecular weight is 272 g/mol. The van der Waals surface area contributed by atoms with E-state index < -0.39 is 0 Å². The third-order valence-electron chi connectivity index (χ3n) is 3.04. The third-order valence-corrected chi connectivity index (χ3v) is 3.20. The Kier molecular flexibility index (Phi) is 6.82. The number of carbonyl (C=O) groups excluding carboxylic acids is 1. The molecule has 3 nitrogen and oxygen atoms in total. The Morgan fingerprint density at radius 2 is 1.78 bits per heavy atom. The van der Waals surface area contributed by atoms with Crippen molar-refractivity contribution in [2.75, 3.05) is 7.05 Å². The first kappa shape index (κ1) is 17.4. The van der Waals surface area contributed by atoms with Crippen LogP contribution in [-0.2, 0) is 4.79 Å². The van der Waals surface area contributed by atoms with E-state index in [1.54, 1.807) is 4.90 Å². The van der Waals surface area contributed by atoms with Crippen molar-refractivity contribution in [2.45, 2.75) is 59.9 Å². The highest BCUT2D eigenvalue weighted by molar-refractivity contribution is 7.80. The molecule has 0 aromatic carbocycles. The summed E-state index contributed by atoms with van der Waals surface area (Å²) in [6, 6.07) is 0.0804. The van der Waals surface area contributed by atoms with Gasteiger partial charge in [-0.25, -0.2) is 0 Å². The molecule has 0 saturated heterocycles.